The van der Waals surface area contributed by atoms with Gasteiger partial charge in [0.05, 0.1) is 6.10 Å². The second kappa shape index (κ2) is 11.0. The zero-order valence-electron chi connectivity index (χ0n) is 14.8. The van der Waals surface area contributed by atoms with Crippen LogP contribution in [-0.4, -0.2) is 26.7 Å². The van der Waals surface area contributed by atoms with Crippen LogP contribution >= 0.6 is 24.0 Å². The van der Waals surface area contributed by atoms with Gasteiger partial charge in [0.2, 0.25) is 0 Å². The third-order valence-electron chi connectivity index (χ3n) is 3.79. The minimum atomic E-state index is -0.253. The van der Waals surface area contributed by atoms with Gasteiger partial charge in [0.15, 0.2) is 5.96 Å². The normalized spacial score (nSPS) is 12.2. The molecule has 0 saturated heterocycles. The van der Waals surface area contributed by atoms with Gasteiger partial charge in [-0.3, -0.25) is 4.99 Å². The van der Waals surface area contributed by atoms with Crippen molar-refractivity contribution >= 4 is 29.9 Å². The van der Waals surface area contributed by atoms with Crippen LogP contribution in [0.3, 0.4) is 0 Å². The summed E-state index contributed by atoms with van der Waals surface area (Å²) in [6.45, 7) is 3.29. The molecule has 25 heavy (non-hydrogen) atoms. The molecule has 0 aromatic heterocycles. The lowest BCUT2D eigenvalue weighted by Gasteiger charge is -2.19. The summed E-state index contributed by atoms with van der Waals surface area (Å²) in [7, 11) is 3.36. The highest BCUT2D eigenvalue weighted by molar-refractivity contribution is 14.0. The van der Waals surface area contributed by atoms with Gasteiger partial charge < -0.3 is 15.4 Å². The molecule has 2 N–H and O–H groups in total. The highest BCUT2D eigenvalue weighted by Crippen LogP contribution is 2.16. The topological polar surface area (TPSA) is 45.7 Å². The molecule has 2 aromatic rings. The Morgan fingerprint density at radius 3 is 2.28 bits per heavy atom. The van der Waals surface area contributed by atoms with Gasteiger partial charge in [0, 0.05) is 27.2 Å². The molecule has 0 spiro atoms. The van der Waals surface area contributed by atoms with Crippen LogP contribution in [0, 0.1) is 12.7 Å². The molecular weight excluding hydrogens is 432 g/mol. The molecule has 2 aromatic carbocycles. The van der Waals surface area contributed by atoms with Crippen molar-refractivity contribution in [3.8, 4) is 0 Å². The summed E-state index contributed by atoms with van der Waals surface area (Å²) in [6, 6.07) is 14.7. The van der Waals surface area contributed by atoms with Crippen molar-refractivity contribution < 1.29 is 9.13 Å². The maximum Gasteiger partial charge on any atom is 0.191 e. The molecular formula is C19H25FIN3O. The van der Waals surface area contributed by atoms with Crippen molar-refractivity contribution in [2.45, 2.75) is 19.6 Å². The molecule has 0 heterocycles. The minimum Gasteiger partial charge on any atom is -0.375 e. The average molecular weight is 457 g/mol. The van der Waals surface area contributed by atoms with Gasteiger partial charge in [-0.1, -0.05) is 42.0 Å². The van der Waals surface area contributed by atoms with E-state index in [1.807, 2.05) is 0 Å². The predicted molar refractivity (Wildman–Crippen MR) is 111 cm³/mol. The minimum absolute atomic E-state index is 0. The molecule has 0 aliphatic heterocycles. The summed E-state index contributed by atoms with van der Waals surface area (Å²) < 4.78 is 18.5. The number of methoxy groups -OCH3 is 1. The lowest BCUT2D eigenvalue weighted by atomic mass is 10.1. The van der Waals surface area contributed by atoms with Crippen LogP contribution in [0.15, 0.2) is 53.5 Å². The number of benzene rings is 2. The standard InChI is InChI=1S/C19H24FN3O.HI/c1-14-4-6-15(7-5-14)12-22-19(21-2)23-13-18(24-3)16-8-10-17(20)11-9-16;/h4-11,18H,12-13H2,1-3H3,(H2,21,22,23);1H. The first-order valence-corrected chi connectivity index (χ1v) is 7.90. The van der Waals surface area contributed by atoms with Gasteiger partial charge in [-0.2, -0.15) is 0 Å². The maximum atomic E-state index is 13.0. The van der Waals surface area contributed by atoms with Gasteiger partial charge in [-0.15, -0.1) is 24.0 Å². The van der Waals surface area contributed by atoms with Gasteiger partial charge >= 0.3 is 0 Å². The van der Waals surface area contributed by atoms with E-state index in [9.17, 15) is 4.39 Å². The summed E-state index contributed by atoms with van der Waals surface area (Å²) in [4.78, 5) is 4.21. The Balaban J connectivity index is 0.00000312. The largest absolute Gasteiger partial charge is 0.375 e. The fourth-order valence-corrected chi connectivity index (χ4v) is 2.32. The van der Waals surface area contributed by atoms with Gasteiger partial charge in [-0.05, 0) is 30.2 Å². The summed E-state index contributed by atoms with van der Waals surface area (Å²) in [5.74, 6) is 0.442. The second-order valence-electron chi connectivity index (χ2n) is 5.57. The van der Waals surface area contributed by atoms with E-state index in [0.29, 0.717) is 19.0 Å². The summed E-state index contributed by atoms with van der Waals surface area (Å²) in [5, 5.41) is 6.50. The van der Waals surface area contributed by atoms with Crippen LogP contribution in [0.2, 0.25) is 0 Å². The highest BCUT2D eigenvalue weighted by atomic mass is 127. The first-order valence-electron chi connectivity index (χ1n) is 7.90. The SMILES string of the molecule is CN=C(NCc1ccc(C)cc1)NCC(OC)c1ccc(F)cc1.I. The third-order valence-corrected chi connectivity index (χ3v) is 3.79. The fourth-order valence-electron chi connectivity index (χ4n) is 2.32. The van der Waals surface area contributed by atoms with Crippen LogP contribution in [0.5, 0.6) is 0 Å². The Morgan fingerprint density at radius 2 is 1.72 bits per heavy atom. The van der Waals surface area contributed by atoms with Crippen molar-refractivity contribution in [3.63, 3.8) is 0 Å². The van der Waals surface area contributed by atoms with Crippen LogP contribution < -0.4 is 10.6 Å². The van der Waals surface area contributed by atoms with E-state index < -0.39 is 0 Å². The van der Waals surface area contributed by atoms with Crippen LogP contribution in [0.25, 0.3) is 0 Å². The van der Waals surface area contributed by atoms with E-state index >= 15 is 0 Å². The molecule has 0 radical (unpaired) electrons. The van der Waals surface area contributed by atoms with E-state index in [2.05, 4.69) is 46.8 Å². The van der Waals surface area contributed by atoms with Crippen LogP contribution in [-0.2, 0) is 11.3 Å². The quantitative estimate of drug-likeness (QED) is 0.394. The number of halogens is 2. The van der Waals surface area contributed by atoms with Crippen molar-refractivity contribution in [2.75, 3.05) is 20.7 Å². The van der Waals surface area contributed by atoms with Gasteiger partial charge in [0.1, 0.15) is 5.82 Å². The van der Waals surface area contributed by atoms with Crippen LogP contribution in [0.1, 0.15) is 22.8 Å². The maximum absolute atomic E-state index is 13.0. The molecule has 2 rings (SSSR count). The van der Waals surface area contributed by atoms with E-state index in [1.165, 1.54) is 23.3 Å². The second-order valence-corrected chi connectivity index (χ2v) is 5.57. The zero-order valence-corrected chi connectivity index (χ0v) is 17.1. The predicted octanol–water partition coefficient (Wildman–Crippen LogP) is 3.80. The molecule has 0 amide bonds. The van der Waals surface area contributed by atoms with Gasteiger partial charge in [0.25, 0.3) is 0 Å². The Hall–Kier alpha value is -1.67. The third kappa shape index (κ3) is 6.99. The van der Waals surface area contributed by atoms with Crippen molar-refractivity contribution in [1.82, 2.24) is 10.6 Å². The smallest absolute Gasteiger partial charge is 0.191 e. The van der Waals surface area contributed by atoms with Crippen molar-refractivity contribution in [2.24, 2.45) is 4.99 Å². The number of aliphatic imine (C=N–C) groups is 1. The molecule has 6 heteroatoms. The Morgan fingerprint density at radius 1 is 1.08 bits per heavy atom. The highest BCUT2D eigenvalue weighted by Gasteiger charge is 2.11. The Bertz CT molecular complexity index is 659. The molecule has 0 bridgehead atoms. The summed E-state index contributed by atoms with van der Waals surface area (Å²) in [5.41, 5.74) is 3.34. The molecule has 0 saturated carbocycles. The number of nitrogens with one attached hydrogen (secondary N) is 2. The molecule has 0 aliphatic rings. The molecule has 0 fully saturated rings. The molecule has 1 unspecified atom stereocenters. The fraction of sp³-hybridized carbons (Fsp3) is 0.316. The molecule has 1 atom stereocenters. The molecule has 136 valence electrons. The van der Waals surface area contributed by atoms with E-state index in [-0.39, 0.29) is 35.9 Å². The zero-order chi connectivity index (χ0) is 17.4. The lowest BCUT2D eigenvalue weighted by molar-refractivity contribution is 0.106. The van der Waals surface area contributed by atoms with Crippen LogP contribution in [0.4, 0.5) is 4.39 Å². The Labute approximate surface area is 165 Å². The summed E-state index contributed by atoms with van der Waals surface area (Å²) >= 11 is 0. The number of hydrogen-bond donors (Lipinski definition) is 2. The number of hydrogen-bond acceptors (Lipinski definition) is 2. The number of rotatable bonds is 6. The first kappa shape index (κ1) is 21.4. The number of ether oxygens (including phenoxy) is 1. The summed E-state index contributed by atoms with van der Waals surface area (Å²) in [6.07, 6.45) is -0.177. The Kier molecular flexibility index (Phi) is 9.44. The lowest BCUT2D eigenvalue weighted by Crippen LogP contribution is -2.39. The van der Waals surface area contributed by atoms with E-state index in [0.717, 1.165) is 5.56 Å². The van der Waals surface area contributed by atoms with Crippen molar-refractivity contribution in [3.05, 3.63) is 71.0 Å². The number of guanidine groups is 1. The van der Waals surface area contributed by atoms with E-state index in [1.54, 1.807) is 26.3 Å². The van der Waals surface area contributed by atoms with Crippen molar-refractivity contribution in [1.29, 1.82) is 0 Å². The molecule has 4 nitrogen and oxygen atoms in total. The molecule has 0 aliphatic carbocycles. The van der Waals surface area contributed by atoms with Gasteiger partial charge in [-0.25, -0.2) is 4.39 Å². The monoisotopic (exact) mass is 457 g/mol. The number of aryl methyl sites for hydroxylation is 1. The average Bonchev–Trinajstić information content (AvgIpc) is 2.61. The first-order chi connectivity index (χ1) is 11.6. The number of nitrogens with zero attached hydrogens (tertiary/aromatic N) is 1. The van der Waals surface area contributed by atoms with E-state index in [4.69, 9.17) is 4.74 Å².